The monoisotopic (exact) mass is 347 g/mol. The molecule has 0 bridgehead atoms. The second-order valence-electron chi connectivity index (χ2n) is 8.86. The van der Waals surface area contributed by atoms with Crippen molar-refractivity contribution in [3.05, 3.63) is 0 Å². The molecule has 0 aromatic heterocycles. The molecule has 4 fully saturated rings. The van der Waals surface area contributed by atoms with Crippen molar-refractivity contribution in [3.63, 3.8) is 0 Å². The van der Waals surface area contributed by atoms with Gasteiger partial charge in [0, 0.05) is 44.1 Å². The zero-order valence-corrected chi connectivity index (χ0v) is 15.5. The third-order valence-electron chi connectivity index (χ3n) is 6.74. The number of carbonyl (C=O) groups excluding carboxylic acids is 2. The van der Waals surface area contributed by atoms with Gasteiger partial charge in [0.2, 0.25) is 11.8 Å². The van der Waals surface area contributed by atoms with Gasteiger partial charge in [-0.2, -0.15) is 0 Å². The molecule has 3 heterocycles. The molecule has 25 heavy (non-hydrogen) atoms. The first-order chi connectivity index (χ1) is 12.2. The fraction of sp³-hybridized carbons (Fsp3) is 0.900. The third-order valence-corrected chi connectivity index (χ3v) is 6.74. The minimum absolute atomic E-state index is 0.244. The normalized spacial score (nSPS) is 32.1. The largest absolute Gasteiger partial charge is 0.342 e. The van der Waals surface area contributed by atoms with Crippen LogP contribution in [0.3, 0.4) is 0 Å². The molecule has 5 heteroatoms. The van der Waals surface area contributed by atoms with E-state index in [0.29, 0.717) is 30.8 Å². The van der Waals surface area contributed by atoms with Crippen LogP contribution in [0, 0.1) is 5.41 Å². The van der Waals surface area contributed by atoms with Crippen LogP contribution in [0.4, 0.5) is 0 Å². The molecule has 0 radical (unpaired) electrons. The first kappa shape index (κ1) is 17.3. The molecule has 4 aliphatic rings. The van der Waals surface area contributed by atoms with Crippen molar-refractivity contribution in [2.45, 2.75) is 70.3 Å². The Kier molecular flexibility index (Phi) is 5.03. The van der Waals surface area contributed by atoms with Gasteiger partial charge in [-0.05, 0) is 51.5 Å². The second kappa shape index (κ2) is 7.26. The van der Waals surface area contributed by atoms with Gasteiger partial charge in [-0.1, -0.05) is 12.8 Å². The molecule has 0 aromatic rings. The molecular weight excluding hydrogens is 314 g/mol. The minimum Gasteiger partial charge on any atom is -0.342 e. The van der Waals surface area contributed by atoms with Crippen LogP contribution < -0.4 is 0 Å². The van der Waals surface area contributed by atoms with Crippen LogP contribution in [0.1, 0.15) is 64.2 Å². The summed E-state index contributed by atoms with van der Waals surface area (Å²) in [4.78, 5) is 31.6. The highest BCUT2D eigenvalue weighted by Crippen LogP contribution is 2.42. The second-order valence-corrected chi connectivity index (χ2v) is 8.86. The highest BCUT2D eigenvalue weighted by atomic mass is 16.2. The quantitative estimate of drug-likeness (QED) is 0.786. The Morgan fingerprint density at radius 3 is 2.44 bits per heavy atom. The molecule has 5 nitrogen and oxygen atoms in total. The van der Waals surface area contributed by atoms with Crippen LogP contribution >= 0.6 is 0 Å². The molecular formula is C20H33N3O2. The van der Waals surface area contributed by atoms with Gasteiger partial charge in [0.15, 0.2) is 0 Å². The predicted octanol–water partition coefficient (Wildman–Crippen LogP) is 2.26. The number of piperidine rings is 2. The summed E-state index contributed by atoms with van der Waals surface area (Å²) in [7, 11) is 0. The lowest BCUT2D eigenvalue weighted by atomic mass is 9.73. The Bertz CT molecular complexity index is 511. The molecule has 140 valence electrons. The Morgan fingerprint density at radius 1 is 0.960 bits per heavy atom. The van der Waals surface area contributed by atoms with Gasteiger partial charge in [-0.25, -0.2) is 0 Å². The molecule has 1 aliphatic carbocycles. The number of hydrogen-bond acceptors (Lipinski definition) is 3. The van der Waals surface area contributed by atoms with Gasteiger partial charge in [-0.3, -0.25) is 14.5 Å². The van der Waals surface area contributed by atoms with E-state index in [9.17, 15) is 9.59 Å². The number of hydrogen-bond donors (Lipinski definition) is 0. The van der Waals surface area contributed by atoms with E-state index in [-0.39, 0.29) is 5.41 Å². The van der Waals surface area contributed by atoms with Crippen molar-refractivity contribution in [2.75, 3.05) is 39.3 Å². The van der Waals surface area contributed by atoms with E-state index in [4.69, 9.17) is 0 Å². The van der Waals surface area contributed by atoms with E-state index in [2.05, 4.69) is 14.7 Å². The molecule has 1 atom stereocenters. The summed E-state index contributed by atoms with van der Waals surface area (Å²) in [6.45, 7) is 5.45. The summed E-state index contributed by atoms with van der Waals surface area (Å²) < 4.78 is 0. The fourth-order valence-corrected chi connectivity index (χ4v) is 5.15. The van der Waals surface area contributed by atoms with Gasteiger partial charge >= 0.3 is 0 Å². The molecule has 3 saturated heterocycles. The summed E-state index contributed by atoms with van der Waals surface area (Å²) in [6, 6.07) is 0.527. The molecule has 1 unspecified atom stereocenters. The maximum absolute atomic E-state index is 12.7. The summed E-state index contributed by atoms with van der Waals surface area (Å²) in [5, 5.41) is 0. The van der Waals surface area contributed by atoms with Crippen molar-refractivity contribution >= 4 is 11.8 Å². The van der Waals surface area contributed by atoms with Gasteiger partial charge < -0.3 is 9.80 Å². The van der Waals surface area contributed by atoms with Gasteiger partial charge in [-0.15, -0.1) is 0 Å². The van der Waals surface area contributed by atoms with Crippen molar-refractivity contribution in [1.29, 1.82) is 0 Å². The lowest BCUT2D eigenvalue weighted by Crippen LogP contribution is -2.55. The Hall–Kier alpha value is -1.10. The van der Waals surface area contributed by atoms with Crippen LogP contribution in [-0.4, -0.2) is 71.8 Å². The summed E-state index contributed by atoms with van der Waals surface area (Å²) in [5.41, 5.74) is 0.244. The average molecular weight is 348 g/mol. The molecule has 1 saturated carbocycles. The summed E-state index contributed by atoms with van der Waals surface area (Å²) in [5.74, 6) is 0.691. The molecule has 4 rings (SSSR count). The maximum Gasteiger partial charge on any atom is 0.236 e. The summed E-state index contributed by atoms with van der Waals surface area (Å²) >= 11 is 0. The third kappa shape index (κ3) is 4.02. The SMILES string of the molecule is O=C(CN1CCCC2(CCC(=O)N(C3CC3)C2)C1)N1CCCCCC1. The summed E-state index contributed by atoms with van der Waals surface area (Å²) in [6.07, 6.45) is 11.4. The average Bonchev–Trinajstić information content (AvgIpc) is 3.44. The molecule has 0 N–H and O–H groups in total. The highest BCUT2D eigenvalue weighted by molar-refractivity contribution is 5.79. The molecule has 2 amide bonds. The van der Waals surface area contributed by atoms with Crippen molar-refractivity contribution in [3.8, 4) is 0 Å². The van der Waals surface area contributed by atoms with E-state index >= 15 is 0 Å². The highest BCUT2D eigenvalue weighted by Gasteiger charge is 2.45. The molecule has 0 aromatic carbocycles. The smallest absolute Gasteiger partial charge is 0.236 e. The Morgan fingerprint density at radius 2 is 1.72 bits per heavy atom. The van der Waals surface area contributed by atoms with E-state index in [0.717, 1.165) is 52.0 Å². The van der Waals surface area contributed by atoms with Crippen LogP contribution in [-0.2, 0) is 9.59 Å². The Balaban J connectivity index is 1.35. The standard InChI is InChI=1S/C20H33N3O2/c24-18-8-10-20(16-23(18)17-6-7-17)9-5-11-21(15-20)14-19(25)22-12-3-1-2-4-13-22/h17H,1-16H2. The van der Waals surface area contributed by atoms with Crippen LogP contribution in [0.2, 0.25) is 0 Å². The number of likely N-dealkylation sites (tertiary alicyclic amines) is 3. The number of carbonyl (C=O) groups is 2. The van der Waals surface area contributed by atoms with Gasteiger partial charge in [0.05, 0.1) is 6.54 Å². The number of nitrogens with zero attached hydrogens (tertiary/aromatic N) is 3. The minimum atomic E-state index is 0.244. The first-order valence-electron chi connectivity index (χ1n) is 10.4. The zero-order valence-electron chi connectivity index (χ0n) is 15.5. The lowest BCUT2D eigenvalue weighted by molar-refractivity contribution is -0.142. The number of amides is 2. The maximum atomic E-state index is 12.7. The van der Waals surface area contributed by atoms with E-state index in [1.54, 1.807) is 0 Å². The van der Waals surface area contributed by atoms with Crippen molar-refractivity contribution in [2.24, 2.45) is 5.41 Å². The zero-order chi connectivity index (χ0) is 17.3. The van der Waals surface area contributed by atoms with Gasteiger partial charge in [0.1, 0.15) is 0 Å². The predicted molar refractivity (Wildman–Crippen MR) is 97.1 cm³/mol. The van der Waals surface area contributed by atoms with Crippen LogP contribution in [0.5, 0.6) is 0 Å². The van der Waals surface area contributed by atoms with Gasteiger partial charge in [0.25, 0.3) is 0 Å². The first-order valence-corrected chi connectivity index (χ1v) is 10.4. The van der Waals surface area contributed by atoms with Crippen LogP contribution in [0.15, 0.2) is 0 Å². The Labute approximate surface area is 151 Å². The van der Waals surface area contributed by atoms with Crippen molar-refractivity contribution in [1.82, 2.24) is 14.7 Å². The topological polar surface area (TPSA) is 43.9 Å². The molecule has 3 aliphatic heterocycles. The van der Waals surface area contributed by atoms with Crippen molar-refractivity contribution < 1.29 is 9.59 Å². The molecule has 1 spiro atoms. The van der Waals surface area contributed by atoms with E-state index in [1.165, 1.54) is 38.5 Å². The van der Waals surface area contributed by atoms with E-state index in [1.807, 2.05) is 0 Å². The van der Waals surface area contributed by atoms with E-state index < -0.39 is 0 Å². The fourth-order valence-electron chi connectivity index (χ4n) is 5.15. The lowest BCUT2D eigenvalue weighted by Gasteiger charge is -2.48. The van der Waals surface area contributed by atoms with Crippen LogP contribution in [0.25, 0.3) is 0 Å². The number of rotatable bonds is 3.